The number of ether oxygens (including phenoxy) is 1. The first-order chi connectivity index (χ1) is 7.58. The summed E-state index contributed by atoms with van der Waals surface area (Å²) in [6.07, 6.45) is -0.458. The lowest BCUT2D eigenvalue weighted by Crippen LogP contribution is -2.52. The van der Waals surface area contributed by atoms with Crippen molar-refractivity contribution in [2.45, 2.75) is 25.2 Å². The average Bonchev–Trinajstić information content (AvgIpc) is 2.64. The maximum absolute atomic E-state index is 10.9. The van der Waals surface area contributed by atoms with Gasteiger partial charge in [-0.25, -0.2) is 0 Å². The molecule has 3 unspecified atom stereocenters. The number of hydrogen-bond donors (Lipinski definition) is 2. The van der Waals surface area contributed by atoms with E-state index in [1.807, 2.05) is 12.1 Å². The van der Waals surface area contributed by atoms with Gasteiger partial charge in [-0.1, -0.05) is 11.6 Å². The number of thiophene rings is 1. The molecule has 0 aliphatic carbocycles. The molecular weight excluding hydrogens is 250 g/mol. The largest absolute Gasteiger partial charge is 0.480 e. The molecule has 0 bridgehead atoms. The van der Waals surface area contributed by atoms with Crippen LogP contribution in [0.5, 0.6) is 0 Å². The number of hydrogen-bond acceptors (Lipinski definition) is 4. The number of carbonyl (C=O) groups is 1. The van der Waals surface area contributed by atoms with Crippen LogP contribution in [0.4, 0.5) is 0 Å². The maximum atomic E-state index is 10.9. The first-order valence-electron chi connectivity index (χ1n) is 4.95. The minimum atomic E-state index is -0.879. The summed E-state index contributed by atoms with van der Waals surface area (Å²) in [7, 11) is 0. The lowest BCUT2D eigenvalue weighted by atomic mass is 10.1. The van der Waals surface area contributed by atoms with Crippen molar-refractivity contribution in [3.8, 4) is 0 Å². The summed E-state index contributed by atoms with van der Waals surface area (Å²) < 4.78 is 6.38. The predicted molar refractivity (Wildman–Crippen MR) is 62.0 cm³/mol. The molecule has 1 aromatic rings. The minimum absolute atomic E-state index is 0.108. The Morgan fingerprint density at radius 1 is 1.69 bits per heavy atom. The quantitative estimate of drug-likeness (QED) is 0.854. The molecule has 2 rings (SSSR count). The first kappa shape index (κ1) is 11.9. The number of halogens is 1. The molecular formula is C10H12ClNO3S. The van der Waals surface area contributed by atoms with E-state index in [0.717, 1.165) is 4.88 Å². The molecule has 16 heavy (non-hydrogen) atoms. The first-order valence-corrected chi connectivity index (χ1v) is 6.14. The molecule has 1 aliphatic rings. The Morgan fingerprint density at radius 2 is 2.44 bits per heavy atom. The van der Waals surface area contributed by atoms with E-state index in [4.69, 9.17) is 21.4 Å². The van der Waals surface area contributed by atoms with Crippen molar-refractivity contribution in [3.63, 3.8) is 0 Å². The summed E-state index contributed by atoms with van der Waals surface area (Å²) in [5.74, 6) is -0.879. The Morgan fingerprint density at radius 3 is 2.94 bits per heavy atom. The highest BCUT2D eigenvalue weighted by atomic mass is 35.5. The second-order valence-corrected chi connectivity index (χ2v) is 5.44. The molecule has 2 N–H and O–H groups in total. The molecule has 0 aromatic carbocycles. The van der Waals surface area contributed by atoms with E-state index in [9.17, 15) is 4.79 Å². The smallest absolute Gasteiger partial charge is 0.323 e. The number of aliphatic carboxylic acids is 1. The molecule has 3 atom stereocenters. The third-order valence-electron chi connectivity index (χ3n) is 2.55. The van der Waals surface area contributed by atoms with Gasteiger partial charge in [0, 0.05) is 11.4 Å². The van der Waals surface area contributed by atoms with Crippen molar-refractivity contribution in [2.75, 3.05) is 6.54 Å². The fourth-order valence-electron chi connectivity index (χ4n) is 1.74. The van der Waals surface area contributed by atoms with Gasteiger partial charge in [-0.15, -0.1) is 11.3 Å². The number of carboxylic acid groups (broad SMARTS) is 1. The third kappa shape index (κ3) is 2.38. The Bertz CT molecular complexity index is 395. The van der Waals surface area contributed by atoms with Crippen molar-refractivity contribution in [2.24, 2.45) is 0 Å². The van der Waals surface area contributed by atoms with E-state index < -0.39 is 12.0 Å². The Kier molecular flexibility index (Phi) is 3.49. The van der Waals surface area contributed by atoms with Crippen molar-refractivity contribution in [3.05, 3.63) is 21.3 Å². The van der Waals surface area contributed by atoms with E-state index in [1.54, 1.807) is 6.92 Å². The zero-order valence-electron chi connectivity index (χ0n) is 8.64. The fraction of sp³-hybridized carbons (Fsp3) is 0.500. The molecule has 6 heteroatoms. The zero-order chi connectivity index (χ0) is 11.7. The van der Waals surface area contributed by atoms with Crippen LogP contribution in [-0.4, -0.2) is 29.8 Å². The van der Waals surface area contributed by atoms with Crippen molar-refractivity contribution >= 4 is 28.9 Å². The molecule has 1 fully saturated rings. The van der Waals surface area contributed by atoms with E-state index in [-0.39, 0.29) is 12.2 Å². The Balaban J connectivity index is 2.05. The summed E-state index contributed by atoms with van der Waals surface area (Å²) in [4.78, 5) is 11.9. The van der Waals surface area contributed by atoms with E-state index in [2.05, 4.69) is 5.32 Å². The van der Waals surface area contributed by atoms with Crippen LogP contribution < -0.4 is 5.32 Å². The molecule has 0 amide bonds. The van der Waals surface area contributed by atoms with Crippen molar-refractivity contribution in [1.29, 1.82) is 0 Å². The Labute approximate surface area is 102 Å². The molecule has 0 saturated carbocycles. The SMILES string of the molecule is CC1OC(c2ccc(Cl)s2)CNC1C(=O)O. The highest BCUT2D eigenvalue weighted by Crippen LogP contribution is 2.31. The van der Waals surface area contributed by atoms with E-state index >= 15 is 0 Å². The number of rotatable bonds is 2. The van der Waals surface area contributed by atoms with Gasteiger partial charge in [-0.05, 0) is 19.1 Å². The molecule has 4 nitrogen and oxygen atoms in total. The summed E-state index contributed by atoms with van der Waals surface area (Å²) in [6, 6.07) is 3.10. The van der Waals surface area contributed by atoms with E-state index in [1.165, 1.54) is 11.3 Å². The lowest BCUT2D eigenvalue weighted by Gasteiger charge is -2.32. The average molecular weight is 262 g/mol. The van der Waals surface area contributed by atoms with Crippen LogP contribution in [0.15, 0.2) is 12.1 Å². The van der Waals surface area contributed by atoms with E-state index in [0.29, 0.717) is 10.9 Å². The Hall–Kier alpha value is -0.620. The number of carboxylic acids is 1. The third-order valence-corrected chi connectivity index (χ3v) is 3.87. The van der Waals surface area contributed by atoms with Crippen LogP contribution in [0, 0.1) is 0 Å². The van der Waals surface area contributed by atoms with Gasteiger partial charge in [0.1, 0.15) is 12.1 Å². The van der Waals surface area contributed by atoms with Gasteiger partial charge in [0.15, 0.2) is 0 Å². The molecule has 88 valence electrons. The molecule has 2 heterocycles. The van der Waals surface area contributed by atoms with Gasteiger partial charge in [-0.2, -0.15) is 0 Å². The van der Waals surface area contributed by atoms with Gasteiger partial charge in [0.05, 0.1) is 10.4 Å². The monoisotopic (exact) mass is 261 g/mol. The molecule has 1 saturated heterocycles. The van der Waals surface area contributed by atoms with Crippen LogP contribution in [0.3, 0.4) is 0 Å². The highest BCUT2D eigenvalue weighted by molar-refractivity contribution is 7.16. The van der Waals surface area contributed by atoms with Crippen LogP contribution in [-0.2, 0) is 9.53 Å². The molecule has 1 aromatic heterocycles. The number of nitrogens with one attached hydrogen (secondary N) is 1. The second kappa shape index (κ2) is 4.71. The van der Waals surface area contributed by atoms with Crippen LogP contribution in [0.25, 0.3) is 0 Å². The fourth-order valence-corrected chi connectivity index (χ4v) is 2.84. The molecule has 0 radical (unpaired) electrons. The molecule has 1 aliphatic heterocycles. The maximum Gasteiger partial charge on any atom is 0.323 e. The summed E-state index contributed by atoms with van der Waals surface area (Å²) in [5, 5.41) is 11.9. The molecule has 0 spiro atoms. The number of morpholine rings is 1. The van der Waals surface area contributed by atoms with Crippen molar-refractivity contribution in [1.82, 2.24) is 5.32 Å². The lowest BCUT2D eigenvalue weighted by molar-refractivity contribution is -0.149. The summed E-state index contributed by atoms with van der Waals surface area (Å²) >= 11 is 7.30. The van der Waals surface area contributed by atoms with Crippen molar-refractivity contribution < 1.29 is 14.6 Å². The standard InChI is InChI=1S/C10H12ClNO3S/c1-5-9(10(13)14)12-4-6(15-5)7-2-3-8(11)16-7/h2-3,5-6,9,12H,4H2,1H3,(H,13,14). The topological polar surface area (TPSA) is 58.6 Å². The normalized spacial score (nSPS) is 30.2. The zero-order valence-corrected chi connectivity index (χ0v) is 10.2. The minimum Gasteiger partial charge on any atom is -0.480 e. The van der Waals surface area contributed by atoms with Crippen LogP contribution in [0.2, 0.25) is 4.34 Å². The van der Waals surface area contributed by atoms with Gasteiger partial charge < -0.3 is 9.84 Å². The summed E-state index contributed by atoms with van der Waals surface area (Å²) in [6.45, 7) is 2.26. The van der Waals surface area contributed by atoms with Gasteiger partial charge >= 0.3 is 5.97 Å². The highest BCUT2D eigenvalue weighted by Gasteiger charge is 2.33. The predicted octanol–water partition coefficient (Wildman–Crippen LogP) is 1.90. The van der Waals surface area contributed by atoms with Crippen LogP contribution >= 0.6 is 22.9 Å². The van der Waals surface area contributed by atoms with Gasteiger partial charge in [-0.3, -0.25) is 10.1 Å². The van der Waals surface area contributed by atoms with Gasteiger partial charge in [0.25, 0.3) is 0 Å². The van der Waals surface area contributed by atoms with Crippen LogP contribution in [0.1, 0.15) is 17.9 Å². The van der Waals surface area contributed by atoms with Gasteiger partial charge in [0.2, 0.25) is 0 Å². The second-order valence-electron chi connectivity index (χ2n) is 3.70. The summed E-state index contributed by atoms with van der Waals surface area (Å²) in [5.41, 5.74) is 0.